The van der Waals surface area contributed by atoms with E-state index in [4.69, 9.17) is 11.6 Å². The number of hydrogen-bond acceptors (Lipinski definition) is 3. The summed E-state index contributed by atoms with van der Waals surface area (Å²) in [5, 5.41) is 6.49. The quantitative estimate of drug-likeness (QED) is 0.945. The number of benzene rings is 1. The number of piperidine rings is 1. The molecule has 0 bridgehead atoms. The van der Waals surface area contributed by atoms with Crippen molar-refractivity contribution in [2.24, 2.45) is 5.92 Å². The number of rotatable bonds is 3. The van der Waals surface area contributed by atoms with Crippen molar-refractivity contribution in [1.29, 1.82) is 0 Å². The number of hydrogen-bond donors (Lipinski definition) is 1. The Labute approximate surface area is 135 Å². The Hall–Kier alpha value is -1.81. The topological polar surface area (TPSA) is 49.0 Å². The molecule has 0 spiro atoms. The minimum atomic E-state index is -0.320. The van der Waals surface area contributed by atoms with Crippen LogP contribution in [0.5, 0.6) is 0 Å². The second-order valence-corrected chi connectivity index (χ2v) is 6.42. The Morgan fingerprint density at radius 2 is 2.14 bits per heavy atom. The smallest absolute Gasteiger partial charge is 0.285 e. The lowest BCUT2D eigenvalue weighted by atomic mass is 9.91. The molecule has 1 atom stereocenters. The largest absolute Gasteiger partial charge is 0.369 e. The van der Waals surface area contributed by atoms with Crippen molar-refractivity contribution in [3.05, 3.63) is 57.0 Å². The molecule has 3 rings (SSSR count). The first kappa shape index (κ1) is 15.1. The average molecular weight is 318 g/mol. The van der Waals surface area contributed by atoms with Gasteiger partial charge in [-0.05, 0) is 37.7 Å². The number of H-pyrrole nitrogens is 1. The lowest BCUT2D eigenvalue weighted by Crippen LogP contribution is -2.37. The predicted octanol–water partition coefficient (Wildman–Crippen LogP) is 3.19. The fourth-order valence-corrected chi connectivity index (χ4v) is 3.31. The van der Waals surface area contributed by atoms with E-state index in [1.165, 1.54) is 17.5 Å². The van der Waals surface area contributed by atoms with Gasteiger partial charge >= 0.3 is 0 Å². The van der Waals surface area contributed by atoms with Gasteiger partial charge in [0.15, 0.2) is 0 Å². The number of anilines is 1. The Morgan fingerprint density at radius 1 is 1.36 bits per heavy atom. The maximum Gasteiger partial charge on any atom is 0.285 e. The van der Waals surface area contributed by atoms with Gasteiger partial charge in [-0.1, -0.05) is 41.4 Å². The molecule has 0 aliphatic carbocycles. The third-order valence-corrected chi connectivity index (χ3v) is 4.65. The van der Waals surface area contributed by atoms with Crippen LogP contribution in [0.25, 0.3) is 0 Å². The van der Waals surface area contributed by atoms with Crippen molar-refractivity contribution in [2.75, 3.05) is 18.0 Å². The molecule has 1 saturated heterocycles. The Morgan fingerprint density at radius 3 is 2.91 bits per heavy atom. The zero-order valence-corrected chi connectivity index (χ0v) is 13.4. The molecular weight excluding hydrogens is 298 g/mol. The van der Waals surface area contributed by atoms with Crippen molar-refractivity contribution in [3.63, 3.8) is 0 Å². The molecule has 1 fully saturated rings. The molecule has 4 nitrogen and oxygen atoms in total. The van der Waals surface area contributed by atoms with E-state index in [2.05, 4.69) is 46.3 Å². The molecule has 0 amide bonds. The summed E-state index contributed by atoms with van der Waals surface area (Å²) < 4.78 is 0. The second kappa shape index (κ2) is 6.53. The molecule has 1 N–H and O–H groups in total. The van der Waals surface area contributed by atoms with E-state index < -0.39 is 0 Å². The van der Waals surface area contributed by atoms with Gasteiger partial charge in [-0.15, -0.1) is 0 Å². The monoisotopic (exact) mass is 317 g/mol. The van der Waals surface area contributed by atoms with Crippen LogP contribution in [-0.2, 0) is 6.42 Å². The van der Waals surface area contributed by atoms with Gasteiger partial charge in [0.05, 0.1) is 11.9 Å². The molecule has 1 aliphatic rings. The van der Waals surface area contributed by atoms with Crippen molar-refractivity contribution in [1.82, 2.24) is 10.2 Å². The summed E-state index contributed by atoms with van der Waals surface area (Å²) in [5.41, 5.74) is 3.09. The first-order valence-electron chi connectivity index (χ1n) is 7.67. The van der Waals surface area contributed by atoms with E-state index >= 15 is 0 Å². The molecule has 0 radical (unpaired) electrons. The molecular formula is C17H20ClN3O. The fraction of sp³-hybridized carbons (Fsp3) is 0.412. The molecule has 1 unspecified atom stereocenters. The molecule has 22 heavy (non-hydrogen) atoms. The predicted molar refractivity (Wildman–Crippen MR) is 89.7 cm³/mol. The zero-order valence-electron chi connectivity index (χ0n) is 12.7. The third kappa shape index (κ3) is 3.33. The minimum absolute atomic E-state index is 0.242. The summed E-state index contributed by atoms with van der Waals surface area (Å²) in [5.74, 6) is 0.576. The maximum atomic E-state index is 11.6. The average Bonchev–Trinajstić information content (AvgIpc) is 2.53. The number of halogens is 1. The van der Waals surface area contributed by atoms with Crippen LogP contribution in [0.4, 0.5) is 5.69 Å². The van der Waals surface area contributed by atoms with Crippen LogP contribution in [0.15, 0.2) is 35.3 Å². The van der Waals surface area contributed by atoms with Crippen molar-refractivity contribution < 1.29 is 0 Å². The molecule has 116 valence electrons. The zero-order chi connectivity index (χ0) is 15.5. The number of aromatic nitrogens is 2. The lowest BCUT2D eigenvalue weighted by molar-refractivity contribution is 0.413. The van der Waals surface area contributed by atoms with Gasteiger partial charge in [0, 0.05) is 13.1 Å². The summed E-state index contributed by atoms with van der Waals surface area (Å²) in [7, 11) is 0. The molecule has 0 saturated carbocycles. The van der Waals surface area contributed by atoms with Crippen LogP contribution in [0.3, 0.4) is 0 Å². The highest BCUT2D eigenvalue weighted by molar-refractivity contribution is 6.32. The van der Waals surface area contributed by atoms with Crippen LogP contribution in [0.1, 0.15) is 24.0 Å². The van der Waals surface area contributed by atoms with Crippen LogP contribution in [0, 0.1) is 12.8 Å². The third-order valence-electron chi connectivity index (χ3n) is 4.28. The summed E-state index contributed by atoms with van der Waals surface area (Å²) in [6.07, 6.45) is 5.03. The lowest BCUT2D eigenvalue weighted by Gasteiger charge is -2.34. The first-order valence-corrected chi connectivity index (χ1v) is 8.05. The number of aryl methyl sites for hydroxylation is 1. The summed E-state index contributed by atoms with van der Waals surface area (Å²) in [6.45, 7) is 3.95. The summed E-state index contributed by atoms with van der Waals surface area (Å²) >= 11 is 6.13. The van der Waals surface area contributed by atoms with Crippen LogP contribution in [0.2, 0.25) is 5.02 Å². The molecule has 5 heteroatoms. The van der Waals surface area contributed by atoms with Crippen molar-refractivity contribution >= 4 is 17.3 Å². The first-order chi connectivity index (χ1) is 10.6. The molecule has 2 aromatic rings. The van der Waals surface area contributed by atoms with E-state index in [1.54, 1.807) is 6.20 Å². The van der Waals surface area contributed by atoms with Gasteiger partial charge in [0.2, 0.25) is 0 Å². The van der Waals surface area contributed by atoms with Crippen LogP contribution in [-0.4, -0.2) is 23.3 Å². The Kier molecular flexibility index (Phi) is 4.48. The van der Waals surface area contributed by atoms with E-state index in [0.717, 1.165) is 31.6 Å². The standard InChI is InChI=1S/C17H20ClN3O/c1-12-4-6-13(7-5-12)9-14-3-2-8-21(11-14)15-10-19-20-17(22)16(15)18/h4-7,10,14H,2-3,8-9,11H2,1H3,(H,20,22). The molecule has 2 heterocycles. The number of aromatic amines is 1. The second-order valence-electron chi connectivity index (χ2n) is 6.04. The maximum absolute atomic E-state index is 11.6. The van der Waals surface area contributed by atoms with Crippen molar-refractivity contribution in [3.8, 4) is 0 Å². The van der Waals surface area contributed by atoms with Gasteiger partial charge < -0.3 is 4.90 Å². The minimum Gasteiger partial charge on any atom is -0.369 e. The van der Waals surface area contributed by atoms with Gasteiger partial charge in [-0.3, -0.25) is 4.79 Å². The molecule has 1 aliphatic heterocycles. The highest BCUT2D eigenvalue weighted by Crippen LogP contribution is 2.28. The van der Waals surface area contributed by atoms with E-state index in [9.17, 15) is 4.79 Å². The fourth-order valence-electron chi connectivity index (χ4n) is 3.10. The summed E-state index contributed by atoms with van der Waals surface area (Å²) in [4.78, 5) is 13.8. The van der Waals surface area contributed by atoms with Gasteiger partial charge in [0.1, 0.15) is 5.02 Å². The summed E-state index contributed by atoms with van der Waals surface area (Å²) in [6, 6.07) is 8.73. The number of nitrogens with one attached hydrogen (secondary N) is 1. The van der Waals surface area contributed by atoms with Gasteiger partial charge in [0.25, 0.3) is 5.56 Å². The number of nitrogens with zero attached hydrogens (tertiary/aromatic N) is 2. The van der Waals surface area contributed by atoms with Crippen LogP contribution >= 0.6 is 11.6 Å². The molecule has 1 aromatic heterocycles. The van der Waals surface area contributed by atoms with E-state index in [-0.39, 0.29) is 10.6 Å². The van der Waals surface area contributed by atoms with Crippen LogP contribution < -0.4 is 10.5 Å². The Bertz CT molecular complexity index is 696. The SMILES string of the molecule is Cc1ccc(CC2CCCN(c3cn[nH]c(=O)c3Cl)C2)cc1. The van der Waals surface area contributed by atoms with Gasteiger partial charge in [-0.25, -0.2) is 5.10 Å². The highest BCUT2D eigenvalue weighted by Gasteiger charge is 2.23. The van der Waals surface area contributed by atoms with Crippen molar-refractivity contribution in [2.45, 2.75) is 26.2 Å². The van der Waals surface area contributed by atoms with E-state index in [1.807, 2.05) is 0 Å². The normalized spacial score (nSPS) is 18.5. The van der Waals surface area contributed by atoms with E-state index in [0.29, 0.717) is 5.92 Å². The Balaban J connectivity index is 1.72. The molecule has 1 aromatic carbocycles. The van der Waals surface area contributed by atoms with Gasteiger partial charge in [-0.2, -0.15) is 5.10 Å². The highest BCUT2D eigenvalue weighted by atomic mass is 35.5.